The first-order valence-corrected chi connectivity index (χ1v) is 6.44. The van der Waals surface area contributed by atoms with Gasteiger partial charge in [0.1, 0.15) is 17.4 Å². The molecule has 0 unspecified atom stereocenters. The molecule has 1 fully saturated rings. The maximum atomic E-state index is 13.6. The van der Waals surface area contributed by atoms with E-state index in [1.807, 2.05) is 0 Å². The monoisotopic (exact) mass is 250 g/mol. The molecular weight excluding hydrogens is 231 g/mol. The zero-order valence-corrected chi connectivity index (χ0v) is 10.4. The Morgan fingerprint density at radius 1 is 1.33 bits per heavy atom. The molecule has 3 nitrogen and oxygen atoms in total. The summed E-state index contributed by atoms with van der Waals surface area (Å²) in [6, 6.07) is 4.55. The summed E-state index contributed by atoms with van der Waals surface area (Å²) in [7, 11) is 0. The van der Waals surface area contributed by atoms with Crippen LogP contribution in [0.25, 0.3) is 0 Å². The normalized spacial score (nSPS) is 16.5. The molecule has 0 heterocycles. The minimum absolute atomic E-state index is 0.0771. The van der Waals surface area contributed by atoms with Crippen LogP contribution in [-0.2, 0) is 0 Å². The summed E-state index contributed by atoms with van der Waals surface area (Å²) in [5.74, 6) is 0.144. The summed E-state index contributed by atoms with van der Waals surface area (Å²) in [6.45, 7) is 0.587. The number of nitrogens with two attached hydrogens (primary N) is 1. The molecule has 1 saturated carbocycles. The third-order valence-corrected chi connectivity index (χ3v) is 3.44. The molecule has 98 valence electrons. The Labute approximate surface area is 107 Å². The third-order valence-electron chi connectivity index (χ3n) is 3.44. The lowest BCUT2D eigenvalue weighted by Gasteiger charge is -2.22. The van der Waals surface area contributed by atoms with Gasteiger partial charge in [0.15, 0.2) is 0 Å². The van der Waals surface area contributed by atoms with Gasteiger partial charge in [-0.05, 0) is 30.9 Å². The van der Waals surface area contributed by atoms with Crippen molar-refractivity contribution in [3.63, 3.8) is 0 Å². The molecule has 0 radical (unpaired) electrons. The van der Waals surface area contributed by atoms with E-state index in [2.05, 4.69) is 0 Å². The van der Waals surface area contributed by atoms with Crippen molar-refractivity contribution < 1.29 is 9.13 Å². The predicted molar refractivity (Wildman–Crippen MR) is 69.5 cm³/mol. The van der Waals surface area contributed by atoms with Crippen molar-refractivity contribution in [2.24, 2.45) is 11.7 Å². The van der Waals surface area contributed by atoms with E-state index in [-0.39, 0.29) is 11.4 Å². The summed E-state index contributed by atoms with van der Waals surface area (Å²) < 4.78 is 19.2. The van der Waals surface area contributed by atoms with Crippen molar-refractivity contribution in [2.45, 2.75) is 32.1 Å². The summed E-state index contributed by atoms with van der Waals surface area (Å²) in [5.41, 5.74) is 5.46. The van der Waals surface area contributed by atoms with E-state index in [1.165, 1.54) is 38.2 Å². The van der Waals surface area contributed by atoms with Crippen LogP contribution < -0.4 is 10.5 Å². The highest BCUT2D eigenvalue weighted by Crippen LogP contribution is 2.26. The van der Waals surface area contributed by atoms with Crippen LogP contribution in [0.4, 0.5) is 4.39 Å². The highest BCUT2D eigenvalue weighted by Gasteiger charge is 2.17. The Balaban J connectivity index is 2.04. The molecule has 1 aliphatic carbocycles. The van der Waals surface area contributed by atoms with Gasteiger partial charge in [0.25, 0.3) is 0 Å². The largest absolute Gasteiger partial charge is 0.492 e. The van der Waals surface area contributed by atoms with Gasteiger partial charge in [-0.15, -0.1) is 0 Å². The van der Waals surface area contributed by atoms with Crippen LogP contribution in [0.1, 0.15) is 37.7 Å². The predicted octanol–water partition coefficient (Wildman–Crippen LogP) is 3.07. The first-order chi connectivity index (χ1) is 8.68. The maximum absolute atomic E-state index is 13.6. The van der Waals surface area contributed by atoms with Crippen LogP contribution in [-0.4, -0.2) is 12.4 Å². The summed E-state index contributed by atoms with van der Waals surface area (Å²) >= 11 is 0. The molecule has 18 heavy (non-hydrogen) atoms. The number of nitrogens with one attached hydrogen (secondary N) is 1. The fourth-order valence-electron chi connectivity index (χ4n) is 2.45. The lowest BCUT2D eigenvalue weighted by atomic mass is 9.90. The van der Waals surface area contributed by atoms with Crippen LogP contribution in [0.5, 0.6) is 5.75 Å². The van der Waals surface area contributed by atoms with E-state index < -0.39 is 5.82 Å². The highest BCUT2D eigenvalue weighted by atomic mass is 19.1. The zero-order valence-electron chi connectivity index (χ0n) is 10.4. The zero-order chi connectivity index (χ0) is 13.0. The Morgan fingerprint density at radius 2 is 2.06 bits per heavy atom. The van der Waals surface area contributed by atoms with Crippen LogP contribution in [0.2, 0.25) is 0 Å². The lowest BCUT2D eigenvalue weighted by Crippen LogP contribution is -2.19. The molecule has 0 aliphatic heterocycles. The number of amidine groups is 1. The molecule has 1 aromatic rings. The van der Waals surface area contributed by atoms with Crippen molar-refractivity contribution in [2.75, 3.05) is 6.61 Å². The van der Waals surface area contributed by atoms with E-state index in [1.54, 1.807) is 12.1 Å². The number of rotatable bonds is 4. The minimum Gasteiger partial charge on any atom is -0.492 e. The van der Waals surface area contributed by atoms with E-state index in [0.29, 0.717) is 18.3 Å². The van der Waals surface area contributed by atoms with E-state index in [0.717, 1.165) is 0 Å². The number of benzene rings is 1. The average Bonchev–Trinajstić information content (AvgIpc) is 2.37. The molecule has 0 atom stereocenters. The van der Waals surface area contributed by atoms with Crippen molar-refractivity contribution in [3.05, 3.63) is 29.6 Å². The average molecular weight is 250 g/mol. The van der Waals surface area contributed by atoms with Gasteiger partial charge in [0, 0.05) is 0 Å². The van der Waals surface area contributed by atoms with Gasteiger partial charge in [-0.3, -0.25) is 5.41 Å². The van der Waals surface area contributed by atoms with Crippen LogP contribution in [0.3, 0.4) is 0 Å². The molecule has 4 heteroatoms. The first kappa shape index (κ1) is 12.9. The van der Waals surface area contributed by atoms with Crippen molar-refractivity contribution in [1.82, 2.24) is 0 Å². The van der Waals surface area contributed by atoms with Gasteiger partial charge in [-0.25, -0.2) is 4.39 Å². The summed E-state index contributed by atoms with van der Waals surface area (Å²) in [4.78, 5) is 0. The molecular formula is C14H19FN2O. The molecule has 3 N–H and O–H groups in total. The van der Waals surface area contributed by atoms with Gasteiger partial charge < -0.3 is 10.5 Å². The van der Waals surface area contributed by atoms with Gasteiger partial charge in [-0.2, -0.15) is 0 Å². The van der Waals surface area contributed by atoms with Crippen molar-refractivity contribution >= 4 is 5.84 Å². The fourth-order valence-corrected chi connectivity index (χ4v) is 2.45. The SMILES string of the molecule is N=C(N)c1c(F)cccc1OCC1CCCCC1. The second-order valence-corrected chi connectivity index (χ2v) is 4.84. The van der Waals surface area contributed by atoms with Gasteiger partial charge in [0.05, 0.1) is 12.2 Å². The second-order valence-electron chi connectivity index (χ2n) is 4.84. The highest BCUT2D eigenvalue weighted by molar-refractivity contribution is 5.97. The quantitative estimate of drug-likeness (QED) is 0.637. The molecule has 0 spiro atoms. The van der Waals surface area contributed by atoms with Crippen molar-refractivity contribution in [3.8, 4) is 5.75 Å². The Kier molecular flexibility index (Phi) is 4.18. The van der Waals surface area contributed by atoms with Crippen LogP contribution in [0.15, 0.2) is 18.2 Å². The topological polar surface area (TPSA) is 59.1 Å². The van der Waals surface area contributed by atoms with E-state index in [4.69, 9.17) is 15.9 Å². The molecule has 1 aliphatic rings. The van der Waals surface area contributed by atoms with Gasteiger partial charge >= 0.3 is 0 Å². The summed E-state index contributed by atoms with van der Waals surface area (Å²) in [5, 5.41) is 7.40. The number of nitrogen functional groups attached to an aromatic ring is 1. The minimum atomic E-state index is -0.497. The first-order valence-electron chi connectivity index (χ1n) is 6.44. The lowest BCUT2D eigenvalue weighted by molar-refractivity contribution is 0.208. The Morgan fingerprint density at radius 3 is 2.72 bits per heavy atom. The number of hydrogen-bond acceptors (Lipinski definition) is 2. The third kappa shape index (κ3) is 3.00. The molecule has 0 saturated heterocycles. The standard InChI is InChI=1S/C14H19FN2O/c15-11-7-4-8-12(13(11)14(16)17)18-9-10-5-2-1-3-6-10/h4,7-8,10H,1-3,5-6,9H2,(H3,16,17). The van der Waals surface area contributed by atoms with Crippen LogP contribution in [0, 0.1) is 17.1 Å². The van der Waals surface area contributed by atoms with E-state index >= 15 is 0 Å². The molecule has 1 aromatic carbocycles. The molecule has 0 aromatic heterocycles. The van der Waals surface area contributed by atoms with Gasteiger partial charge in [-0.1, -0.05) is 25.3 Å². The second kappa shape index (κ2) is 5.85. The molecule has 0 bridgehead atoms. The number of ether oxygens (including phenoxy) is 1. The Bertz CT molecular complexity index is 428. The number of hydrogen-bond donors (Lipinski definition) is 2. The molecule has 0 amide bonds. The molecule has 2 rings (SSSR count). The fraction of sp³-hybridized carbons (Fsp3) is 0.500. The van der Waals surface area contributed by atoms with Crippen LogP contribution >= 0.6 is 0 Å². The number of halogens is 1. The van der Waals surface area contributed by atoms with Gasteiger partial charge in [0.2, 0.25) is 0 Å². The Hall–Kier alpha value is -1.58. The van der Waals surface area contributed by atoms with E-state index in [9.17, 15) is 4.39 Å². The summed E-state index contributed by atoms with van der Waals surface area (Å²) in [6.07, 6.45) is 6.14. The smallest absolute Gasteiger partial charge is 0.137 e. The maximum Gasteiger partial charge on any atom is 0.137 e. The van der Waals surface area contributed by atoms with Crippen molar-refractivity contribution in [1.29, 1.82) is 5.41 Å².